The first kappa shape index (κ1) is 19.4. The fraction of sp³-hybridized carbons (Fsp3) is 0.409. The molecule has 0 unspecified atom stereocenters. The molecule has 4 heterocycles. The highest BCUT2D eigenvalue weighted by atomic mass is 32.1. The summed E-state index contributed by atoms with van der Waals surface area (Å²) in [5, 5.41) is 0. The van der Waals surface area contributed by atoms with E-state index in [-0.39, 0.29) is 23.8 Å². The Morgan fingerprint density at radius 1 is 1.23 bits per heavy atom. The molecule has 0 saturated carbocycles. The summed E-state index contributed by atoms with van der Waals surface area (Å²) in [5.74, 6) is -0.184. The van der Waals surface area contributed by atoms with Gasteiger partial charge >= 0.3 is 0 Å². The number of anilines is 1. The number of hydrogen-bond donors (Lipinski definition) is 0. The third-order valence-corrected chi connectivity index (χ3v) is 6.94. The summed E-state index contributed by atoms with van der Waals surface area (Å²) < 4.78 is 21.2. The Balaban J connectivity index is 1.15. The van der Waals surface area contributed by atoms with Crippen molar-refractivity contribution in [1.29, 1.82) is 0 Å². The third kappa shape index (κ3) is 3.65. The zero-order valence-corrected chi connectivity index (χ0v) is 17.4. The van der Waals surface area contributed by atoms with E-state index < -0.39 is 0 Å². The number of thiazole rings is 1. The smallest absolute Gasteiger partial charge is 0.225 e. The van der Waals surface area contributed by atoms with Crippen LogP contribution in [0.2, 0.25) is 0 Å². The Morgan fingerprint density at radius 2 is 2.07 bits per heavy atom. The molecular formula is C22H23FN4O2S. The summed E-state index contributed by atoms with van der Waals surface area (Å²) in [4.78, 5) is 25.0. The second-order valence-corrected chi connectivity index (χ2v) is 8.69. The normalized spacial score (nSPS) is 20.8. The maximum atomic E-state index is 14.2. The van der Waals surface area contributed by atoms with Gasteiger partial charge in [0, 0.05) is 31.4 Å². The number of halogens is 1. The lowest BCUT2D eigenvalue weighted by atomic mass is 10.1. The molecule has 1 amide bonds. The van der Waals surface area contributed by atoms with E-state index in [4.69, 9.17) is 4.74 Å². The summed E-state index contributed by atoms with van der Waals surface area (Å²) in [6.45, 7) is 2.14. The monoisotopic (exact) mass is 426 g/mol. The second-order valence-electron chi connectivity index (χ2n) is 7.84. The molecule has 2 aliphatic heterocycles. The molecule has 8 heteroatoms. The molecule has 0 aliphatic carbocycles. The van der Waals surface area contributed by atoms with E-state index >= 15 is 0 Å². The minimum Gasteiger partial charge on any atom is -0.376 e. The van der Waals surface area contributed by atoms with Crippen LogP contribution in [0.1, 0.15) is 24.8 Å². The van der Waals surface area contributed by atoms with Crippen LogP contribution in [-0.2, 0) is 16.1 Å². The third-order valence-electron chi connectivity index (χ3n) is 6.02. The lowest BCUT2D eigenvalue weighted by molar-refractivity contribution is -0.133. The Kier molecular flexibility index (Phi) is 5.35. The predicted octanol–water partition coefficient (Wildman–Crippen LogP) is 3.62. The number of fused-ring (bicyclic) bond motifs is 3. The zero-order valence-electron chi connectivity index (χ0n) is 16.5. The van der Waals surface area contributed by atoms with Gasteiger partial charge in [-0.3, -0.25) is 9.78 Å². The number of benzene rings is 1. The van der Waals surface area contributed by atoms with Crippen LogP contribution in [0, 0.1) is 5.82 Å². The quantitative estimate of drug-likeness (QED) is 0.564. The number of hydrogen-bond acceptors (Lipinski definition) is 6. The number of pyridine rings is 1. The van der Waals surface area contributed by atoms with Crippen molar-refractivity contribution in [3.63, 3.8) is 0 Å². The molecule has 0 N–H and O–H groups in total. The molecule has 5 rings (SSSR count). The minimum atomic E-state index is -0.293. The van der Waals surface area contributed by atoms with Crippen molar-refractivity contribution >= 4 is 33.1 Å². The first-order chi connectivity index (χ1) is 14.7. The lowest BCUT2D eigenvalue weighted by Crippen LogP contribution is -2.55. The summed E-state index contributed by atoms with van der Waals surface area (Å²) >= 11 is 1.61. The molecule has 1 aromatic carbocycles. The van der Waals surface area contributed by atoms with Crippen LogP contribution in [0.5, 0.6) is 0 Å². The Hall–Kier alpha value is -2.58. The molecule has 3 aromatic rings. The Labute approximate surface area is 178 Å². The number of nitrogens with zero attached hydrogens (tertiary/aromatic N) is 4. The van der Waals surface area contributed by atoms with Gasteiger partial charge in [-0.25, -0.2) is 9.37 Å². The van der Waals surface area contributed by atoms with Crippen LogP contribution in [0.15, 0.2) is 42.2 Å². The van der Waals surface area contributed by atoms with Crippen LogP contribution < -0.4 is 4.90 Å². The number of carbonyl (C=O) groups is 1. The molecule has 2 saturated heterocycles. The molecule has 2 bridgehead atoms. The average Bonchev–Trinajstić information content (AvgIpc) is 3.33. The van der Waals surface area contributed by atoms with Crippen molar-refractivity contribution in [2.24, 2.45) is 0 Å². The van der Waals surface area contributed by atoms with Crippen LogP contribution in [0.25, 0.3) is 10.2 Å². The molecule has 0 radical (unpaired) electrons. The van der Waals surface area contributed by atoms with E-state index in [9.17, 15) is 9.18 Å². The van der Waals surface area contributed by atoms with Crippen molar-refractivity contribution in [2.75, 3.05) is 24.6 Å². The van der Waals surface area contributed by atoms with Gasteiger partial charge in [-0.15, -0.1) is 11.3 Å². The van der Waals surface area contributed by atoms with Crippen LogP contribution in [0.3, 0.4) is 0 Å². The highest BCUT2D eigenvalue weighted by Crippen LogP contribution is 2.36. The van der Waals surface area contributed by atoms with Crippen molar-refractivity contribution in [3.8, 4) is 0 Å². The van der Waals surface area contributed by atoms with Gasteiger partial charge in [-0.05, 0) is 30.5 Å². The largest absolute Gasteiger partial charge is 0.376 e. The van der Waals surface area contributed by atoms with Crippen LogP contribution in [0.4, 0.5) is 10.1 Å². The average molecular weight is 427 g/mol. The van der Waals surface area contributed by atoms with Gasteiger partial charge in [0.1, 0.15) is 0 Å². The van der Waals surface area contributed by atoms with Gasteiger partial charge in [0.15, 0.2) is 5.82 Å². The maximum Gasteiger partial charge on any atom is 0.225 e. The molecule has 156 valence electrons. The number of ether oxygens (including phenoxy) is 1. The first-order valence-electron chi connectivity index (χ1n) is 10.2. The van der Waals surface area contributed by atoms with Crippen molar-refractivity contribution < 1.29 is 13.9 Å². The van der Waals surface area contributed by atoms with E-state index in [0.717, 1.165) is 28.6 Å². The molecular weight excluding hydrogens is 403 g/mol. The van der Waals surface area contributed by atoms with Gasteiger partial charge < -0.3 is 14.5 Å². The first-order valence-corrected chi connectivity index (χ1v) is 11.1. The van der Waals surface area contributed by atoms with E-state index in [1.165, 1.54) is 6.20 Å². The molecule has 6 nitrogen and oxygen atoms in total. The van der Waals surface area contributed by atoms with Gasteiger partial charge in [0.25, 0.3) is 0 Å². The van der Waals surface area contributed by atoms with E-state index in [0.29, 0.717) is 38.4 Å². The van der Waals surface area contributed by atoms with Crippen LogP contribution >= 0.6 is 11.3 Å². The van der Waals surface area contributed by atoms with Gasteiger partial charge in [-0.2, -0.15) is 0 Å². The minimum absolute atomic E-state index is 0.109. The number of rotatable bonds is 6. The molecule has 2 atom stereocenters. The Bertz CT molecular complexity index is 1040. The summed E-state index contributed by atoms with van der Waals surface area (Å²) in [6.07, 6.45) is 5.20. The zero-order chi connectivity index (χ0) is 20.5. The lowest BCUT2D eigenvalue weighted by Gasteiger charge is -2.42. The maximum absolute atomic E-state index is 14.2. The summed E-state index contributed by atoms with van der Waals surface area (Å²) in [6, 6.07) is 8.06. The van der Waals surface area contributed by atoms with Crippen molar-refractivity contribution in [2.45, 2.75) is 38.0 Å². The molecule has 2 aliphatic rings. The number of likely N-dealkylation sites (tertiary alicyclic amines) is 1. The van der Waals surface area contributed by atoms with Crippen molar-refractivity contribution in [1.82, 2.24) is 14.9 Å². The number of piperazine rings is 1. The predicted molar refractivity (Wildman–Crippen MR) is 114 cm³/mol. The van der Waals surface area contributed by atoms with E-state index in [1.807, 2.05) is 28.6 Å². The molecule has 2 fully saturated rings. The van der Waals surface area contributed by atoms with Gasteiger partial charge in [0.05, 0.1) is 47.2 Å². The van der Waals surface area contributed by atoms with E-state index in [1.54, 1.807) is 23.6 Å². The highest BCUT2D eigenvalue weighted by molar-refractivity contribution is 7.16. The Morgan fingerprint density at radius 3 is 2.87 bits per heavy atom. The van der Waals surface area contributed by atoms with Gasteiger partial charge in [-0.1, -0.05) is 12.1 Å². The highest BCUT2D eigenvalue weighted by Gasteiger charge is 2.42. The summed E-state index contributed by atoms with van der Waals surface area (Å²) in [5.41, 5.74) is 4.53. The van der Waals surface area contributed by atoms with Gasteiger partial charge in [0.2, 0.25) is 5.91 Å². The second kappa shape index (κ2) is 8.28. The SMILES string of the molecule is O=C(CCOCc1cccc2ncsc12)N1C[C@H]2CC[C@@H](C1)N2c1ccncc1F. The molecule has 2 aromatic heterocycles. The number of aromatic nitrogens is 2. The fourth-order valence-electron chi connectivity index (χ4n) is 4.64. The van der Waals surface area contributed by atoms with E-state index in [2.05, 4.69) is 14.9 Å². The molecule has 30 heavy (non-hydrogen) atoms. The van der Waals surface area contributed by atoms with Crippen LogP contribution in [-0.4, -0.2) is 52.6 Å². The fourth-order valence-corrected chi connectivity index (χ4v) is 5.43. The number of carbonyl (C=O) groups excluding carboxylic acids is 1. The van der Waals surface area contributed by atoms with Crippen molar-refractivity contribution in [3.05, 3.63) is 53.6 Å². The topological polar surface area (TPSA) is 58.6 Å². The number of amides is 1. The standard InChI is InChI=1S/C22H23FN4O2S/c23-18-10-24-8-6-20(18)27-16-4-5-17(27)12-26(11-16)21(28)7-9-29-13-15-2-1-3-19-22(15)30-14-25-19/h1-3,6,8,10,14,16-17H,4-5,7,9,11-13H2/t16-,17+. The molecule has 0 spiro atoms. The summed E-state index contributed by atoms with van der Waals surface area (Å²) in [7, 11) is 0.